The zero-order valence-corrected chi connectivity index (χ0v) is 10.1. The number of aryl methyl sites for hydroxylation is 1. The van der Waals surface area contributed by atoms with Crippen LogP contribution >= 0.6 is 11.3 Å². The highest BCUT2D eigenvalue weighted by Crippen LogP contribution is 2.14. The molecule has 1 rings (SSSR count). The van der Waals surface area contributed by atoms with E-state index < -0.39 is 0 Å². The lowest BCUT2D eigenvalue weighted by Gasteiger charge is -2.07. The summed E-state index contributed by atoms with van der Waals surface area (Å²) in [6, 6.07) is 0. The number of hydrogen-bond acceptors (Lipinski definition) is 4. The predicted octanol–water partition coefficient (Wildman–Crippen LogP) is 1.94. The number of nitrogens with zero attached hydrogens (tertiary/aromatic N) is 1. The second-order valence-corrected chi connectivity index (χ2v) is 4.80. The van der Waals surface area contributed by atoms with E-state index in [-0.39, 0.29) is 11.7 Å². The Morgan fingerprint density at radius 3 is 2.93 bits per heavy atom. The molecule has 15 heavy (non-hydrogen) atoms. The van der Waals surface area contributed by atoms with Gasteiger partial charge in [-0.3, -0.25) is 4.79 Å². The third kappa shape index (κ3) is 4.10. The minimum Gasteiger partial charge on any atom is -0.330 e. The summed E-state index contributed by atoms with van der Waals surface area (Å²) in [5, 5.41) is 2.91. The molecule has 0 aromatic carbocycles. The van der Waals surface area contributed by atoms with Gasteiger partial charge in [-0.2, -0.15) is 0 Å². The summed E-state index contributed by atoms with van der Waals surface area (Å²) in [6.07, 6.45) is 2.29. The molecule has 2 N–H and O–H groups in total. The fourth-order valence-corrected chi connectivity index (χ4v) is 2.17. The van der Waals surface area contributed by atoms with E-state index in [0.717, 1.165) is 23.5 Å². The molecule has 0 aliphatic rings. The first-order valence-corrected chi connectivity index (χ1v) is 6.15. The molecule has 0 saturated heterocycles. The summed E-state index contributed by atoms with van der Waals surface area (Å²) in [7, 11) is 0. The van der Waals surface area contributed by atoms with E-state index in [2.05, 4.69) is 4.98 Å². The lowest BCUT2D eigenvalue weighted by atomic mass is 9.98. The molecule has 1 aromatic rings. The first kappa shape index (κ1) is 12.3. The molecule has 0 radical (unpaired) electrons. The summed E-state index contributed by atoms with van der Waals surface area (Å²) in [5.74, 6) is 0.385. The van der Waals surface area contributed by atoms with Gasteiger partial charge < -0.3 is 5.73 Å². The van der Waals surface area contributed by atoms with Crippen LogP contribution in [0.1, 0.15) is 30.5 Å². The molecule has 1 aromatic heterocycles. The lowest BCUT2D eigenvalue weighted by Crippen LogP contribution is -2.15. The summed E-state index contributed by atoms with van der Waals surface area (Å²) in [4.78, 5) is 16.0. The Labute approximate surface area is 94.7 Å². The van der Waals surface area contributed by atoms with Crippen LogP contribution in [0, 0.1) is 12.8 Å². The van der Waals surface area contributed by atoms with Gasteiger partial charge in [0.15, 0.2) is 0 Å². The highest BCUT2D eigenvalue weighted by molar-refractivity contribution is 7.09. The van der Waals surface area contributed by atoms with Crippen molar-refractivity contribution in [1.29, 1.82) is 0 Å². The molecule has 1 atom stereocenters. The van der Waals surface area contributed by atoms with Crippen LogP contribution in [0.25, 0.3) is 0 Å². The number of nitrogens with two attached hydrogens (primary N) is 1. The molecule has 1 unspecified atom stereocenters. The third-order valence-corrected chi connectivity index (χ3v) is 3.35. The SMILES string of the molecule is Cc1csc(CC(=O)C(C)CCCN)n1. The van der Waals surface area contributed by atoms with E-state index in [0.29, 0.717) is 13.0 Å². The van der Waals surface area contributed by atoms with Crippen molar-refractivity contribution in [2.75, 3.05) is 6.54 Å². The maximum Gasteiger partial charge on any atom is 0.142 e. The van der Waals surface area contributed by atoms with Crippen molar-refractivity contribution in [2.24, 2.45) is 11.7 Å². The molecular formula is C11H18N2OS. The first-order chi connectivity index (χ1) is 7.13. The Morgan fingerprint density at radius 1 is 1.67 bits per heavy atom. The molecule has 3 nitrogen and oxygen atoms in total. The average molecular weight is 226 g/mol. The Morgan fingerprint density at radius 2 is 2.40 bits per heavy atom. The molecule has 0 saturated carbocycles. The standard InChI is InChI=1S/C11H18N2OS/c1-8(4-3-5-12)10(14)6-11-13-9(2)7-15-11/h7-8H,3-6,12H2,1-2H3. The van der Waals surface area contributed by atoms with E-state index in [9.17, 15) is 4.79 Å². The van der Waals surface area contributed by atoms with Gasteiger partial charge >= 0.3 is 0 Å². The summed E-state index contributed by atoms with van der Waals surface area (Å²) in [6.45, 7) is 4.58. The quantitative estimate of drug-likeness (QED) is 0.806. The molecule has 4 heteroatoms. The van der Waals surface area contributed by atoms with Gasteiger partial charge in [0.25, 0.3) is 0 Å². The van der Waals surface area contributed by atoms with Gasteiger partial charge in [0.1, 0.15) is 10.8 Å². The van der Waals surface area contributed by atoms with Crippen LogP contribution in [0.15, 0.2) is 5.38 Å². The largest absolute Gasteiger partial charge is 0.330 e. The van der Waals surface area contributed by atoms with Crippen LogP contribution in [-0.4, -0.2) is 17.3 Å². The maximum absolute atomic E-state index is 11.8. The van der Waals surface area contributed by atoms with Gasteiger partial charge in [-0.15, -0.1) is 11.3 Å². The molecule has 0 aliphatic heterocycles. The zero-order valence-electron chi connectivity index (χ0n) is 9.32. The normalized spacial score (nSPS) is 12.7. The molecule has 84 valence electrons. The van der Waals surface area contributed by atoms with Crippen molar-refractivity contribution in [1.82, 2.24) is 4.98 Å². The summed E-state index contributed by atoms with van der Waals surface area (Å²) in [5.41, 5.74) is 6.41. The van der Waals surface area contributed by atoms with Crippen molar-refractivity contribution in [3.8, 4) is 0 Å². The topological polar surface area (TPSA) is 56.0 Å². The zero-order chi connectivity index (χ0) is 11.3. The molecule has 0 spiro atoms. The number of carbonyl (C=O) groups excluding carboxylic acids is 1. The highest BCUT2D eigenvalue weighted by atomic mass is 32.1. The van der Waals surface area contributed by atoms with Crippen molar-refractivity contribution in [2.45, 2.75) is 33.1 Å². The lowest BCUT2D eigenvalue weighted by molar-refractivity contribution is -0.121. The molecule has 0 bridgehead atoms. The molecular weight excluding hydrogens is 208 g/mol. The van der Waals surface area contributed by atoms with E-state index >= 15 is 0 Å². The number of aromatic nitrogens is 1. The van der Waals surface area contributed by atoms with E-state index in [1.807, 2.05) is 19.2 Å². The van der Waals surface area contributed by atoms with Crippen LogP contribution in [0.2, 0.25) is 0 Å². The average Bonchev–Trinajstić information content (AvgIpc) is 2.60. The van der Waals surface area contributed by atoms with Crippen molar-refractivity contribution < 1.29 is 4.79 Å². The molecule has 1 heterocycles. The maximum atomic E-state index is 11.8. The summed E-state index contributed by atoms with van der Waals surface area (Å²) >= 11 is 1.56. The van der Waals surface area contributed by atoms with Gasteiger partial charge in [0, 0.05) is 17.0 Å². The van der Waals surface area contributed by atoms with Crippen LogP contribution in [0.5, 0.6) is 0 Å². The Kier molecular flexibility index (Phi) is 4.91. The number of thiazole rings is 1. The van der Waals surface area contributed by atoms with Crippen LogP contribution < -0.4 is 5.73 Å². The Bertz CT molecular complexity index is 322. The van der Waals surface area contributed by atoms with Crippen LogP contribution in [0.4, 0.5) is 0 Å². The van der Waals surface area contributed by atoms with E-state index in [1.54, 1.807) is 11.3 Å². The van der Waals surface area contributed by atoms with Crippen LogP contribution in [0.3, 0.4) is 0 Å². The van der Waals surface area contributed by atoms with Gasteiger partial charge in [0.2, 0.25) is 0 Å². The van der Waals surface area contributed by atoms with Crippen molar-refractivity contribution >= 4 is 17.1 Å². The minimum atomic E-state index is 0.109. The van der Waals surface area contributed by atoms with E-state index in [1.165, 1.54) is 0 Å². The molecule has 0 amide bonds. The minimum absolute atomic E-state index is 0.109. The van der Waals surface area contributed by atoms with Crippen LogP contribution in [-0.2, 0) is 11.2 Å². The first-order valence-electron chi connectivity index (χ1n) is 5.27. The monoisotopic (exact) mass is 226 g/mol. The number of Topliss-reactive ketones (excluding diaryl/α,β-unsaturated/α-hetero) is 1. The number of carbonyl (C=O) groups is 1. The third-order valence-electron chi connectivity index (χ3n) is 2.38. The molecule has 0 fully saturated rings. The van der Waals surface area contributed by atoms with Gasteiger partial charge in [-0.05, 0) is 26.3 Å². The summed E-state index contributed by atoms with van der Waals surface area (Å²) < 4.78 is 0. The van der Waals surface area contributed by atoms with Crippen molar-refractivity contribution in [3.63, 3.8) is 0 Å². The second-order valence-electron chi connectivity index (χ2n) is 3.86. The Balaban J connectivity index is 2.41. The Hall–Kier alpha value is -0.740. The number of hydrogen-bond donors (Lipinski definition) is 1. The van der Waals surface area contributed by atoms with Gasteiger partial charge in [-0.1, -0.05) is 6.92 Å². The van der Waals surface area contributed by atoms with E-state index in [4.69, 9.17) is 5.73 Å². The number of rotatable bonds is 6. The van der Waals surface area contributed by atoms with Gasteiger partial charge in [0.05, 0.1) is 6.42 Å². The second kappa shape index (κ2) is 5.98. The highest BCUT2D eigenvalue weighted by Gasteiger charge is 2.14. The molecule has 0 aliphatic carbocycles. The smallest absolute Gasteiger partial charge is 0.142 e. The predicted molar refractivity (Wildman–Crippen MR) is 63.0 cm³/mol. The van der Waals surface area contributed by atoms with Crippen molar-refractivity contribution in [3.05, 3.63) is 16.1 Å². The fraction of sp³-hybridized carbons (Fsp3) is 0.636. The number of ketones is 1. The fourth-order valence-electron chi connectivity index (χ4n) is 1.39. The van der Waals surface area contributed by atoms with Gasteiger partial charge in [-0.25, -0.2) is 4.98 Å².